The first-order valence-corrected chi connectivity index (χ1v) is 5.93. The number of carbonyl (C=O) groups excluding carboxylic acids is 1. The first-order valence-electron chi connectivity index (χ1n) is 5.93. The Bertz CT molecular complexity index is 367. The molecule has 4 nitrogen and oxygen atoms in total. The van der Waals surface area contributed by atoms with E-state index in [1.807, 2.05) is 18.2 Å². The quantitative estimate of drug-likeness (QED) is 0.814. The van der Waals surface area contributed by atoms with Gasteiger partial charge in [-0.1, -0.05) is 18.2 Å². The summed E-state index contributed by atoms with van der Waals surface area (Å²) in [6, 6.07) is 9.18. The van der Waals surface area contributed by atoms with E-state index in [2.05, 4.69) is 0 Å². The van der Waals surface area contributed by atoms with Crippen LogP contribution in [0.3, 0.4) is 0 Å². The molecule has 1 rings (SSSR count). The summed E-state index contributed by atoms with van der Waals surface area (Å²) in [6.45, 7) is 5.34. The number of hydrogen-bond acceptors (Lipinski definition) is 4. The smallest absolute Gasteiger partial charge is 0.311 e. The summed E-state index contributed by atoms with van der Waals surface area (Å²) < 4.78 is 10.3. The van der Waals surface area contributed by atoms with E-state index in [0.717, 1.165) is 0 Å². The maximum absolute atomic E-state index is 11.5. The molecule has 0 aliphatic carbocycles. The fourth-order valence-corrected chi connectivity index (χ4v) is 1.15. The van der Waals surface area contributed by atoms with Crippen molar-refractivity contribution >= 4 is 5.97 Å². The molecule has 1 aromatic carbocycles. The summed E-state index contributed by atoms with van der Waals surface area (Å²) in [5.41, 5.74) is -0.556. The standard InChI is InChI=1S/C14H20O4/c1-14(2,3)13(16)18-10-11(15)9-17-12-7-5-4-6-8-12/h4-8,11,15H,9-10H2,1-3H3. The van der Waals surface area contributed by atoms with E-state index in [1.165, 1.54) is 0 Å². The molecule has 0 saturated heterocycles. The van der Waals surface area contributed by atoms with Crippen molar-refractivity contribution in [2.24, 2.45) is 5.41 Å². The second-order valence-electron chi connectivity index (χ2n) is 5.13. The number of benzene rings is 1. The molecule has 0 heterocycles. The zero-order valence-electron chi connectivity index (χ0n) is 11.1. The number of ether oxygens (including phenoxy) is 2. The number of para-hydroxylation sites is 1. The van der Waals surface area contributed by atoms with E-state index in [-0.39, 0.29) is 19.2 Å². The van der Waals surface area contributed by atoms with Crippen LogP contribution in [0.25, 0.3) is 0 Å². The van der Waals surface area contributed by atoms with E-state index in [1.54, 1.807) is 32.9 Å². The molecule has 1 N–H and O–H groups in total. The van der Waals surface area contributed by atoms with Gasteiger partial charge in [-0.15, -0.1) is 0 Å². The Morgan fingerprint density at radius 3 is 2.39 bits per heavy atom. The van der Waals surface area contributed by atoms with Gasteiger partial charge in [0.25, 0.3) is 0 Å². The van der Waals surface area contributed by atoms with E-state index >= 15 is 0 Å². The Balaban J connectivity index is 2.26. The molecule has 1 aromatic rings. The molecular weight excluding hydrogens is 232 g/mol. The molecule has 1 unspecified atom stereocenters. The highest BCUT2D eigenvalue weighted by Crippen LogP contribution is 2.15. The number of rotatable bonds is 5. The number of carbonyl (C=O) groups is 1. The molecular formula is C14H20O4. The van der Waals surface area contributed by atoms with Gasteiger partial charge in [-0.3, -0.25) is 4.79 Å². The van der Waals surface area contributed by atoms with Crippen molar-refractivity contribution in [3.63, 3.8) is 0 Å². The highest BCUT2D eigenvalue weighted by Gasteiger charge is 2.23. The molecule has 0 amide bonds. The molecule has 0 aliphatic rings. The lowest BCUT2D eigenvalue weighted by molar-refractivity contribution is -0.156. The minimum absolute atomic E-state index is 0.0526. The first-order chi connectivity index (χ1) is 8.39. The summed E-state index contributed by atoms with van der Waals surface area (Å²) >= 11 is 0. The van der Waals surface area contributed by atoms with Gasteiger partial charge in [0, 0.05) is 0 Å². The highest BCUT2D eigenvalue weighted by molar-refractivity contribution is 5.75. The first kappa shape index (κ1) is 14.5. The second kappa shape index (κ2) is 6.40. The van der Waals surface area contributed by atoms with Gasteiger partial charge in [0.15, 0.2) is 0 Å². The van der Waals surface area contributed by atoms with Gasteiger partial charge >= 0.3 is 5.97 Å². The monoisotopic (exact) mass is 252 g/mol. The van der Waals surface area contributed by atoms with Gasteiger partial charge in [-0.05, 0) is 32.9 Å². The third-order valence-corrected chi connectivity index (χ3v) is 2.20. The molecule has 18 heavy (non-hydrogen) atoms. The average molecular weight is 252 g/mol. The lowest BCUT2D eigenvalue weighted by atomic mass is 9.97. The van der Waals surface area contributed by atoms with Crippen molar-refractivity contribution in [2.45, 2.75) is 26.9 Å². The fourth-order valence-electron chi connectivity index (χ4n) is 1.15. The maximum Gasteiger partial charge on any atom is 0.311 e. The zero-order valence-corrected chi connectivity index (χ0v) is 11.1. The lowest BCUT2D eigenvalue weighted by Gasteiger charge is -2.18. The molecule has 0 spiro atoms. The third-order valence-electron chi connectivity index (χ3n) is 2.20. The zero-order chi connectivity index (χ0) is 13.6. The number of aliphatic hydroxyl groups is 1. The molecule has 100 valence electrons. The van der Waals surface area contributed by atoms with Crippen LogP contribution in [0.5, 0.6) is 5.75 Å². The molecule has 4 heteroatoms. The summed E-state index contributed by atoms with van der Waals surface area (Å²) in [5.74, 6) is 0.347. The second-order valence-corrected chi connectivity index (χ2v) is 5.13. The van der Waals surface area contributed by atoms with Crippen molar-refractivity contribution in [2.75, 3.05) is 13.2 Å². The molecule has 0 aromatic heterocycles. The van der Waals surface area contributed by atoms with Gasteiger partial charge in [-0.2, -0.15) is 0 Å². The lowest BCUT2D eigenvalue weighted by Crippen LogP contribution is -2.30. The number of aliphatic hydroxyl groups excluding tert-OH is 1. The Labute approximate surface area is 108 Å². The largest absolute Gasteiger partial charge is 0.491 e. The molecule has 0 fully saturated rings. The van der Waals surface area contributed by atoms with Crippen molar-refractivity contribution in [3.05, 3.63) is 30.3 Å². The molecule has 0 bridgehead atoms. The van der Waals surface area contributed by atoms with Crippen molar-refractivity contribution < 1.29 is 19.4 Å². The van der Waals surface area contributed by atoms with Crippen LogP contribution in [0.2, 0.25) is 0 Å². The van der Waals surface area contributed by atoms with E-state index < -0.39 is 11.5 Å². The van der Waals surface area contributed by atoms with Crippen LogP contribution in [0.1, 0.15) is 20.8 Å². The van der Waals surface area contributed by atoms with Gasteiger partial charge in [0.05, 0.1) is 5.41 Å². The Hall–Kier alpha value is -1.55. The van der Waals surface area contributed by atoms with Crippen LogP contribution in [-0.2, 0) is 9.53 Å². The Kier molecular flexibility index (Phi) is 5.16. The van der Waals surface area contributed by atoms with Gasteiger partial charge < -0.3 is 14.6 Å². The average Bonchev–Trinajstić information content (AvgIpc) is 2.33. The van der Waals surface area contributed by atoms with Crippen LogP contribution in [-0.4, -0.2) is 30.4 Å². The molecule has 0 saturated carbocycles. The Morgan fingerprint density at radius 1 is 1.22 bits per heavy atom. The predicted molar refractivity (Wildman–Crippen MR) is 68.4 cm³/mol. The summed E-state index contributed by atoms with van der Waals surface area (Å²) in [7, 11) is 0. The topological polar surface area (TPSA) is 55.8 Å². The van der Waals surface area contributed by atoms with E-state index in [0.29, 0.717) is 5.75 Å². The van der Waals surface area contributed by atoms with Crippen LogP contribution in [0.4, 0.5) is 0 Å². The maximum atomic E-state index is 11.5. The van der Waals surface area contributed by atoms with Crippen molar-refractivity contribution in [3.8, 4) is 5.75 Å². The summed E-state index contributed by atoms with van der Waals surface area (Å²) in [4.78, 5) is 11.5. The highest BCUT2D eigenvalue weighted by atomic mass is 16.5. The van der Waals surface area contributed by atoms with Gasteiger partial charge in [0.1, 0.15) is 25.1 Å². The van der Waals surface area contributed by atoms with E-state index in [4.69, 9.17) is 9.47 Å². The van der Waals surface area contributed by atoms with Gasteiger partial charge in [0.2, 0.25) is 0 Å². The fraction of sp³-hybridized carbons (Fsp3) is 0.500. The Morgan fingerprint density at radius 2 is 1.83 bits per heavy atom. The summed E-state index contributed by atoms with van der Waals surface area (Å²) in [5, 5.41) is 9.62. The molecule has 1 atom stereocenters. The predicted octanol–water partition coefficient (Wildman–Crippen LogP) is 2.02. The third kappa shape index (κ3) is 5.19. The van der Waals surface area contributed by atoms with Crippen LogP contribution < -0.4 is 4.74 Å². The number of esters is 1. The SMILES string of the molecule is CC(C)(C)C(=O)OCC(O)COc1ccccc1. The van der Waals surface area contributed by atoms with Crippen molar-refractivity contribution in [1.82, 2.24) is 0 Å². The van der Waals surface area contributed by atoms with Crippen LogP contribution >= 0.6 is 0 Å². The summed E-state index contributed by atoms with van der Waals surface area (Å²) in [6.07, 6.45) is -0.823. The van der Waals surface area contributed by atoms with Crippen LogP contribution in [0, 0.1) is 5.41 Å². The van der Waals surface area contributed by atoms with Gasteiger partial charge in [-0.25, -0.2) is 0 Å². The minimum Gasteiger partial charge on any atom is -0.491 e. The van der Waals surface area contributed by atoms with Crippen LogP contribution in [0.15, 0.2) is 30.3 Å². The number of hydrogen-bond donors (Lipinski definition) is 1. The van der Waals surface area contributed by atoms with E-state index in [9.17, 15) is 9.90 Å². The van der Waals surface area contributed by atoms with Crippen molar-refractivity contribution in [1.29, 1.82) is 0 Å². The molecule has 0 radical (unpaired) electrons. The normalized spacial score (nSPS) is 12.9. The minimum atomic E-state index is -0.823. The molecule has 0 aliphatic heterocycles.